The van der Waals surface area contributed by atoms with Crippen LogP contribution in [-0.4, -0.2) is 12.1 Å². The lowest BCUT2D eigenvalue weighted by molar-refractivity contribution is -0.156. The first-order chi connectivity index (χ1) is 7.14. The third-order valence-electron chi connectivity index (χ3n) is 5.04. The smallest absolute Gasteiger partial charge is 0.134 e. The molecule has 15 heavy (non-hydrogen) atoms. The van der Waals surface area contributed by atoms with E-state index < -0.39 is 0 Å². The molecule has 0 radical (unpaired) electrons. The summed E-state index contributed by atoms with van der Waals surface area (Å²) in [6, 6.07) is 0. The van der Waals surface area contributed by atoms with Crippen LogP contribution in [0.1, 0.15) is 39.0 Å². The maximum atomic E-state index is 11.7. The van der Waals surface area contributed by atoms with Gasteiger partial charge in [-0.1, -0.05) is 0 Å². The van der Waals surface area contributed by atoms with Gasteiger partial charge in [0.15, 0.2) is 0 Å². The fourth-order valence-corrected chi connectivity index (χ4v) is 5.01. The molecule has 4 fully saturated rings. The van der Waals surface area contributed by atoms with E-state index in [0.29, 0.717) is 5.92 Å². The zero-order valence-corrected chi connectivity index (χ0v) is 9.24. The SMILES string of the molecule is CC(=O)C1C2CC3CC(C2)CC1(C=O)C3. The fraction of sp³-hybridized carbons (Fsp3) is 0.846. The van der Waals surface area contributed by atoms with Gasteiger partial charge in [0.2, 0.25) is 0 Å². The number of hydrogen-bond acceptors (Lipinski definition) is 2. The van der Waals surface area contributed by atoms with Crippen molar-refractivity contribution in [3.8, 4) is 0 Å². The highest BCUT2D eigenvalue weighted by atomic mass is 16.1. The molecule has 0 N–H and O–H groups in total. The van der Waals surface area contributed by atoms with E-state index in [1.807, 2.05) is 0 Å². The molecule has 4 aliphatic carbocycles. The largest absolute Gasteiger partial charge is 0.303 e. The maximum Gasteiger partial charge on any atom is 0.134 e. The van der Waals surface area contributed by atoms with Crippen LogP contribution >= 0.6 is 0 Å². The number of aldehydes is 1. The van der Waals surface area contributed by atoms with Crippen molar-refractivity contribution in [1.82, 2.24) is 0 Å². The molecule has 2 nitrogen and oxygen atoms in total. The molecule has 0 spiro atoms. The summed E-state index contributed by atoms with van der Waals surface area (Å²) in [7, 11) is 0. The van der Waals surface area contributed by atoms with Gasteiger partial charge in [0.25, 0.3) is 0 Å². The van der Waals surface area contributed by atoms with Crippen molar-refractivity contribution < 1.29 is 9.59 Å². The molecule has 4 aliphatic rings. The lowest BCUT2D eigenvalue weighted by Crippen LogP contribution is -2.55. The Labute approximate surface area is 90.4 Å². The molecule has 0 aromatic heterocycles. The number of carbonyl (C=O) groups excluding carboxylic acids is 2. The molecule has 3 unspecified atom stereocenters. The number of ketones is 1. The van der Waals surface area contributed by atoms with Gasteiger partial charge in [-0.05, 0) is 56.8 Å². The van der Waals surface area contributed by atoms with E-state index in [1.165, 1.54) is 19.3 Å². The zero-order chi connectivity index (χ0) is 10.6. The van der Waals surface area contributed by atoms with E-state index >= 15 is 0 Å². The average Bonchev–Trinajstić information content (AvgIpc) is 2.15. The van der Waals surface area contributed by atoms with Crippen LogP contribution in [-0.2, 0) is 9.59 Å². The summed E-state index contributed by atoms with van der Waals surface area (Å²) < 4.78 is 0. The lowest BCUT2D eigenvalue weighted by Gasteiger charge is -2.58. The van der Waals surface area contributed by atoms with Gasteiger partial charge in [0.1, 0.15) is 12.1 Å². The summed E-state index contributed by atoms with van der Waals surface area (Å²) in [4.78, 5) is 23.2. The molecular formula is C13H18O2. The molecule has 0 heterocycles. The van der Waals surface area contributed by atoms with Crippen molar-refractivity contribution >= 4 is 12.1 Å². The molecule has 2 heteroatoms. The number of hydrogen-bond donors (Lipinski definition) is 0. The van der Waals surface area contributed by atoms with Crippen LogP contribution in [0.15, 0.2) is 0 Å². The second kappa shape index (κ2) is 2.93. The van der Waals surface area contributed by atoms with Crippen molar-refractivity contribution in [3.05, 3.63) is 0 Å². The van der Waals surface area contributed by atoms with Crippen molar-refractivity contribution in [1.29, 1.82) is 0 Å². The van der Waals surface area contributed by atoms with Crippen molar-refractivity contribution in [2.45, 2.75) is 39.0 Å². The first-order valence-corrected chi connectivity index (χ1v) is 6.11. The van der Waals surface area contributed by atoms with Crippen LogP contribution in [0.4, 0.5) is 0 Å². The highest BCUT2D eigenvalue weighted by Crippen LogP contribution is 2.62. The van der Waals surface area contributed by atoms with Crippen molar-refractivity contribution in [3.63, 3.8) is 0 Å². The van der Waals surface area contributed by atoms with E-state index in [-0.39, 0.29) is 17.1 Å². The first-order valence-electron chi connectivity index (χ1n) is 6.11. The molecule has 4 saturated carbocycles. The van der Waals surface area contributed by atoms with E-state index in [4.69, 9.17) is 0 Å². The maximum absolute atomic E-state index is 11.7. The topological polar surface area (TPSA) is 34.1 Å². The van der Waals surface area contributed by atoms with Crippen molar-refractivity contribution in [2.75, 3.05) is 0 Å². The summed E-state index contributed by atoms with van der Waals surface area (Å²) in [6.45, 7) is 1.68. The highest BCUT2D eigenvalue weighted by Gasteiger charge is 2.58. The Bertz CT molecular complexity index is 306. The molecule has 4 bridgehead atoms. The quantitative estimate of drug-likeness (QED) is 0.649. The van der Waals surface area contributed by atoms with Crippen LogP contribution in [0, 0.1) is 29.1 Å². The lowest BCUT2D eigenvalue weighted by atomic mass is 9.45. The summed E-state index contributed by atoms with van der Waals surface area (Å²) in [5, 5.41) is 0. The highest BCUT2D eigenvalue weighted by molar-refractivity contribution is 5.84. The minimum atomic E-state index is -0.249. The Morgan fingerprint density at radius 2 is 1.80 bits per heavy atom. The number of carbonyl (C=O) groups is 2. The molecule has 0 amide bonds. The Hall–Kier alpha value is -0.660. The Morgan fingerprint density at radius 1 is 1.20 bits per heavy atom. The minimum absolute atomic E-state index is 0.0581. The first kappa shape index (κ1) is 9.56. The van der Waals surface area contributed by atoms with Gasteiger partial charge in [-0.2, -0.15) is 0 Å². The summed E-state index contributed by atoms with van der Waals surface area (Å²) in [5.41, 5.74) is -0.249. The molecular weight excluding hydrogens is 188 g/mol. The van der Waals surface area contributed by atoms with E-state index in [0.717, 1.165) is 31.0 Å². The molecule has 0 aromatic rings. The normalized spacial score (nSPS) is 51.8. The minimum Gasteiger partial charge on any atom is -0.303 e. The summed E-state index contributed by atoms with van der Waals surface area (Å²) >= 11 is 0. The standard InChI is InChI=1S/C13H18O2/c1-8(15)12-11-3-9-2-10(4-11)6-13(12,5-9)7-14/h7,9-12H,2-6H2,1H3. The second-order valence-corrected chi connectivity index (χ2v) is 6.05. The molecule has 3 atom stereocenters. The summed E-state index contributed by atoms with van der Waals surface area (Å²) in [5.74, 6) is 2.32. The molecule has 0 aromatic carbocycles. The number of rotatable bonds is 2. The average molecular weight is 206 g/mol. The molecule has 0 aliphatic heterocycles. The van der Waals surface area contributed by atoms with Crippen LogP contribution in [0.2, 0.25) is 0 Å². The van der Waals surface area contributed by atoms with E-state index in [1.54, 1.807) is 6.92 Å². The van der Waals surface area contributed by atoms with Crippen LogP contribution < -0.4 is 0 Å². The van der Waals surface area contributed by atoms with E-state index in [9.17, 15) is 9.59 Å². The third kappa shape index (κ3) is 1.17. The molecule has 82 valence electrons. The van der Waals surface area contributed by atoms with Gasteiger partial charge in [0.05, 0.1) is 0 Å². The van der Waals surface area contributed by atoms with Gasteiger partial charge < -0.3 is 4.79 Å². The fourth-order valence-electron chi connectivity index (χ4n) is 5.01. The zero-order valence-electron chi connectivity index (χ0n) is 9.24. The molecule has 4 rings (SSSR count). The predicted molar refractivity (Wildman–Crippen MR) is 56.2 cm³/mol. The third-order valence-corrected chi connectivity index (χ3v) is 5.04. The van der Waals surface area contributed by atoms with Gasteiger partial charge in [-0.3, -0.25) is 4.79 Å². The monoisotopic (exact) mass is 206 g/mol. The second-order valence-electron chi connectivity index (χ2n) is 6.05. The predicted octanol–water partition coefficient (Wildman–Crippen LogP) is 2.22. The van der Waals surface area contributed by atoms with E-state index in [2.05, 4.69) is 0 Å². The summed E-state index contributed by atoms with van der Waals surface area (Å²) in [6.07, 6.45) is 6.84. The molecule has 0 saturated heterocycles. The van der Waals surface area contributed by atoms with Gasteiger partial charge in [-0.15, -0.1) is 0 Å². The Kier molecular flexibility index (Phi) is 1.87. The number of Topliss-reactive ketones (excluding diaryl/α,β-unsaturated/α-hetero) is 1. The Morgan fingerprint density at radius 3 is 2.27 bits per heavy atom. The van der Waals surface area contributed by atoms with Crippen LogP contribution in [0.5, 0.6) is 0 Å². The van der Waals surface area contributed by atoms with Crippen LogP contribution in [0.3, 0.4) is 0 Å². The van der Waals surface area contributed by atoms with Gasteiger partial charge >= 0.3 is 0 Å². The van der Waals surface area contributed by atoms with Crippen molar-refractivity contribution in [2.24, 2.45) is 29.1 Å². The Balaban J connectivity index is 2.02. The van der Waals surface area contributed by atoms with Crippen LogP contribution in [0.25, 0.3) is 0 Å². The van der Waals surface area contributed by atoms with Gasteiger partial charge in [0, 0.05) is 11.3 Å². The van der Waals surface area contributed by atoms with Gasteiger partial charge in [-0.25, -0.2) is 0 Å².